The van der Waals surface area contributed by atoms with Crippen molar-refractivity contribution in [3.8, 4) is 0 Å². The number of benzene rings is 1. The summed E-state index contributed by atoms with van der Waals surface area (Å²) < 4.78 is 79.3. The van der Waals surface area contributed by atoms with Crippen molar-refractivity contribution >= 4 is 10.9 Å². The van der Waals surface area contributed by atoms with Crippen LogP contribution in [0.4, 0.5) is 26.3 Å². The second kappa shape index (κ2) is 5.23. The first kappa shape index (κ1) is 18.3. The number of pyridine rings is 1. The van der Waals surface area contributed by atoms with Gasteiger partial charge in [-0.1, -0.05) is 6.07 Å². The van der Waals surface area contributed by atoms with Crippen molar-refractivity contribution in [2.75, 3.05) is 0 Å². The van der Waals surface area contributed by atoms with E-state index in [1.54, 1.807) is 0 Å². The van der Waals surface area contributed by atoms with Crippen LogP contribution in [0.3, 0.4) is 0 Å². The Bertz CT molecular complexity index is 849. The van der Waals surface area contributed by atoms with E-state index < -0.39 is 29.1 Å². The molecule has 0 spiro atoms. The lowest BCUT2D eigenvalue weighted by Gasteiger charge is -2.33. The number of fused-ring (bicyclic) bond motifs is 1. The Kier molecular flexibility index (Phi) is 3.99. The van der Waals surface area contributed by atoms with E-state index in [4.69, 9.17) is 0 Å². The summed E-state index contributed by atoms with van der Waals surface area (Å²) in [5.74, 6) is 0. The Morgan fingerprint density at radius 3 is 1.88 bits per heavy atom. The van der Waals surface area contributed by atoms with Crippen molar-refractivity contribution in [3.63, 3.8) is 0 Å². The first-order valence-corrected chi connectivity index (χ1v) is 6.69. The van der Waals surface area contributed by atoms with Crippen LogP contribution in [0.15, 0.2) is 23.0 Å². The van der Waals surface area contributed by atoms with Crippen LogP contribution in [0.2, 0.25) is 0 Å². The van der Waals surface area contributed by atoms with Crippen LogP contribution in [0.5, 0.6) is 0 Å². The third kappa shape index (κ3) is 2.47. The fourth-order valence-corrected chi connectivity index (χ4v) is 2.69. The second-order valence-corrected chi connectivity index (χ2v) is 5.62. The number of rotatable bonds is 1. The summed E-state index contributed by atoms with van der Waals surface area (Å²) in [7, 11) is 1.36. The van der Waals surface area contributed by atoms with Crippen LogP contribution < -0.4 is 5.56 Å². The Morgan fingerprint density at radius 1 is 0.917 bits per heavy atom. The lowest BCUT2D eigenvalue weighted by atomic mass is 9.89. The zero-order chi connectivity index (χ0) is 18.7. The van der Waals surface area contributed by atoms with Crippen molar-refractivity contribution in [1.29, 1.82) is 0 Å². The maximum Gasteiger partial charge on any atom is 0.430 e. The summed E-state index contributed by atoms with van der Waals surface area (Å²) in [4.78, 5) is 11.8. The number of aryl methyl sites for hydroxylation is 3. The van der Waals surface area contributed by atoms with Gasteiger partial charge in [0.05, 0.1) is 5.52 Å². The molecule has 0 fully saturated rings. The Hall–Kier alpha value is -2.03. The maximum absolute atomic E-state index is 13.0. The van der Waals surface area contributed by atoms with Gasteiger partial charge in [-0.25, -0.2) is 0 Å². The van der Waals surface area contributed by atoms with Crippen molar-refractivity contribution < 1.29 is 31.4 Å². The predicted molar refractivity (Wildman–Crippen MR) is 74.7 cm³/mol. The van der Waals surface area contributed by atoms with E-state index in [1.807, 2.05) is 0 Å². The van der Waals surface area contributed by atoms with Gasteiger partial charge in [0.1, 0.15) is 0 Å². The minimum absolute atomic E-state index is 0.0118. The number of alkyl halides is 6. The predicted octanol–water partition coefficient (Wildman–Crippen LogP) is 3.47. The molecule has 2 rings (SSSR count). The van der Waals surface area contributed by atoms with E-state index in [1.165, 1.54) is 20.9 Å². The van der Waals surface area contributed by atoms with Crippen molar-refractivity contribution in [2.45, 2.75) is 31.8 Å². The molecule has 0 bridgehead atoms. The molecule has 0 amide bonds. The first-order chi connectivity index (χ1) is 10.7. The number of hydrogen-bond donors (Lipinski definition) is 1. The molecule has 0 aliphatic rings. The van der Waals surface area contributed by atoms with E-state index in [-0.39, 0.29) is 22.0 Å². The molecule has 0 aliphatic carbocycles. The highest BCUT2D eigenvalue weighted by Crippen LogP contribution is 2.50. The minimum atomic E-state index is -5.96. The molecule has 0 radical (unpaired) electrons. The normalized spacial score (nSPS) is 13.6. The van der Waals surface area contributed by atoms with E-state index in [0.29, 0.717) is 12.1 Å². The van der Waals surface area contributed by atoms with Crippen molar-refractivity contribution in [3.05, 3.63) is 45.2 Å². The molecular weight excluding hydrogens is 340 g/mol. The van der Waals surface area contributed by atoms with E-state index in [2.05, 4.69) is 0 Å². The fourth-order valence-electron chi connectivity index (χ4n) is 2.69. The third-order valence-corrected chi connectivity index (χ3v) is 3.97. The lowest BCUT2D eigenvalue weighted by Crippen LogP contribution is -2.54. The molecule has 0 saturated carbocycles. The van der Waals surface area contributed by atoms with Crippen molar-refractivity contribution in [2.24, 2.45) is 7.05 Å². The molecule has 3 nitrogen and oxygen atoms in total. The van der Waals surface area contributed by atoms with E-state index in [0.717, 1.165) is 10.6 Å². The third-order valence-electron chi connectivity index (χ3n) is 3.97. The smallest absolute Gasteiger partial charge is 0.369 e. The molecule has 1 N–H and O–H groups in total. The van der Waals surface area contributed by atoms with Crippen LogP contribution in [-0.4, -0.2) is 22.0 Å². The molecule has 9 heteroatoms. The fraction of sp³-hybridized carbons (Fsp3) is 0.400. The van der Waals surface area contributed by atoms with Gasteiger partial charge in [0, 0.05) is 24.1 Å². The second-order valence-electron chi connectivity index (χ2n) is 5.62. The molecule has 1 aromatic heterocycles. The van der Waals surface area contributed by atoms with Gasteiger partial charge >= 0.3 is 12.4 Å². The quantitative estimate of drug-likeness (QED) is 0.798. The summed E-state index contributed by atoms with van der Waals surface area (Å²) >= 11 is 0. The topological polar surface area (TPSA) is 42.2 Å². The maximum atomic E-state index is 13.0. The summed E-state index contributed by atoms with van der Waals surface area (Å²) in [6.07, 6.45) is -11.9. The monoisotopic (exact) mass is 353 g/mol. The number of nitrogens with zero attached hydrogens (tertiary/aromatic N) is 1. The zero-order valence-corrected chi connectivity index (χ0v) is 12.8. The molecule has 132 valence electrons. The molecule has 24 heavy (non-hydrogen) atoms. The SMILES string of the molecule is Cc1cc(=O)n(C)c2c(C)cc(C(O)(C(F)(F)F)C(F)(F)F)cc12. The highest BCUT2D eigenvalue weighted by molar-refractivity contribution is 5.86. The largest absolute Gasteiger partial charge is 0.430 e. The van der Waals surface area contributed by atoms with Gasteiger partial charge in [0.25, 0.3) is 11.2 Å². The van der Waals surface area contributed by atoms with Gasteiger partial charge in [-0.2, -0.15) is 26.3 Å². The minimum Gasteiger partial charge on any atom is -0.369 e. The summed E-state index contributed by atoms with van der Waals surface area (Å²) in [6, 6.07) is 2.33. The average molecular weight is 353 g/mol. The lowest BCUT2D eigenvalue weighted by molar-refractivity contribution is -0.376. The summed E-state index contributed by atoms with van der Waals surface area (Å²) in [6.45, 7) is 2.67. The summed E-state index contributed by atoms with van der Waals surface area (Å²) in [5, 5.41) is 9.56. The van der Waals surface area contributed by atoms with E-state index >= 15 is 0 Å². The van der Waals surface area contributed by atoms with Gasteiger partial charge in [-0.05, 0) is 31.0 Å². The molecule has 0 atom stereocenters. The van der Waals surface area contributed by atoms with Crippen LogP contribution >= 0.6 is 0 Å². The van der Waals surface area contributed by atoms with Gasteiger partial charge in [0.15, 0.2) is 0 Å². The summed E-state index contributed by atoms with van der Waals surface area (Å²) in [5.41, 5.74) is -6.36. The van der Waals surface area contributed by atoms with Crippen molar-refractivity contribution in [1.82, 2.24) is 4.57 Å². The van der Waals surface area contributed by atoms with E-state index in [9.17, 15) is 36.2 Å². The standard InChI is InChI=1S/C15H13F6NO2/c1-7-5-11(23)22(3)12-8(2)4-9(6-10(7)12)13(24,14(16,17)18)15(19,20)21/h4-6,24H,1-3H3. The number of aromatic nitrogens is 1. The Morgan fingerprint density at radius 2 is 1.42 bits per heavy atom. The van der Waals surface area contributed by atoms with Crippen LogP contribution in [0.25, 0.3) is 10.9 Å². The molecular formula is C15H13F6NO2. The molecule has 0 unspecified atom stereocenters. The van der Waals surface area contributed by atoms with Crippen LogP contribution in [0, 0.1) is 13.8 Å². The van der Waals surface area contributed by atoms with Gasteiger partial charge in [-0.15, -0.1) is 0 Å². The molecule has 2 aromatic rings. The van der Waals surface area contributed by atoms with Crippen LogP contribution in [0.1, 0.15) is 16.7 Å². The number of halogens is 6. The number of hydrogen-bond acceptors (Lipinski definition) is 2. The van der Waals surface area contributed by atoms with Gasteiger partial charge < -0.3 is 9.67 Å². The first-order valence-electron chi connectivity index (χ1n) is 6.69. The highest BCUT2D eigenvalue weighted by Gasteiger charge is 2.71. The van der Waals surface area contributed by atoms with Crippen LogP contribution in [-0.2, 0) is 12.6 Å². The average Bonchev–Trinajstić information content (AvgIpc) is 2.40. The molecule has 1 heterocycles. The molecule has 0 saturated heterocycles. The Labute approximate surface area is 132 Å². The zero-order valence-electron chi connectivity index (χ0n) is 12.8. The number of aliphatic hydroxyl groups is 1. The molecule has 1 aromatic carbocycles. The Balaban J connectivity index is 2.96. The van der Waals surface area contributed by atoms with Gasteiger partial charge in [-0.3, -0.25) is 4.79 Å². The molecule has 0 aliphatic heterocycles. The van der Waals surface area contributed by atoms with Gasteiger partial charge in [0.2, 0.25) is 0 Å². The highest BCUT2D eigenvalue weighted by atomic mass is 19.4.